The van der Waals surface area contributed by atoms with Gasteiger partial charge in [-0.2, -0.15) is 0 Å². The number of fused-ring (bicyclic) bond motifs is 1. The molecule has 24 heavy (non-hydrogen) atoms. The van der Waals surface area contributed by atoms with Gasteiger partial charge in [-0.1, -0.05) is 36.0 Å². The lowest BCUT2D eigenvalue weighted by Gasteiger charge is -2.01. The number of aromatic nitrogens is 2. The van der Waals surface area contributed by atoms with E-state index in [0.29, 0.717) is 11.1 Å². The maximum absolute atomic E-state index is 9.06. The van der Waals surface area contributed by atoms with Crippen molar-refractivity contribution in [3.8, 4) is 17.2 Å². The van der Waals surface area contributed by atoms with E-state index in [0.717, 1.165) is 41.2 Å². The van der Waals surface area contributed by atoms with Crippen LogP contribution in [0.25, 0.3) is 11.5 Å². The van der Waals surface area contributed by atoms with Gasteiger partial charge in [-0.25, -0.2) is 0 Å². The number of thioether (sulfide) groups is 1. The Kier molecular flexibility index (Phi) is 4.23. The zero-order chi connectivity index (χ0) is 16.4. The van der Waals surface area contributed by atoms with Crippen LogP contribution in [-0.2, 0) is 18.8 Å². The summed E-state index contributed by atoms with van der Waals surface area (Å²) in [7, 11) is 0. The van der Waals surface area contributed by atoms with Crippen LogP contribution in [0.1, 0.15) is 16.7 Å². The SMILES string of the molecule is OCc1ccc(CSc2nnc(-c3ccc4c(c3)CCO4)o2)cc1. The van der Waals surface area contributed by atoms with Gasteiger partial charge in [0.1, 0.15) is 5.75 Å². The molecule has 2 heterocycles. The second-order valence-corrected chi connectivity index (χ2v) is 6.48. The van der Waals surface area contributed by atoms with Gasteiger partial charge < -0.3 is 14.3 Å². The summed E-state index contributed by atoms with van der Waals surface area (Å²) in [6.07, 6.45) is 0.919. The molecule has 0 fully saturated rings. The Morgan fingerprint density at radius 3 is 2.71 bits per heavy atom. The Balaban J connectivity index is 1.44. The van der Waals surface area contributed by atoms with Gasteiger partial charge in [0.05, 0.1) is 13.2 Å². The molecule has 6 heteroatoms. The molecule has 5 nitrogen and oxygen atoms in total. The van der Waals surface area contributed by atoms with E-state index in [1.54, 1.807) is 0 Å². The Hall–Kier alpha value is -2.31. The quantitative estimate of drug-likeness (QED) is 0.718. The minimum Gasteiger partial charge on any atom is -0.493 e. The van der Waals surface area contributed by atoms with E-state index in [1.165, 1.54) is 17.3 Å². The first-order chi connectivity index (χ1) is 11.8. The highest BCUT2D eigenvalue weighted by Gasteiger charge is 2.15. The largest absolute Gasteiger partial charge is 0.493 e. The van der Waals surface area contributed by atoms with Crippen LogP contribution >= 0.6 is 11.8 Å². The number of aliphatic hydroxyl groups excluding tert-OH is 1. The number of rotatable bonds is 5. The molecule has 0 radical (unpaired) electrons. The van der Waals surface area contributed by atoms with E-state index in [9.17, 15) is 0 Å². The Morgan fingerprint density at radius 1 is 1.04 bits per heavy atom. The van der Waals surface area contributed by atoms with Crippen molar-refractivity contribution in [2.75, 3.05) is 6.61 Å². The molecule has 1 aliphatic rings. The normalized spacial score (nSPS) is 12.9. The molecule has 1 N–H and O–H groups in total. The van der Waals surface area contributed by atoms with Crippen LogP contribution in [-0.4, -0.2) is 21.9 Å². The Morgan fingerprint density at radius 2 is 1.88 bits per heavy atom. The molecule has 0 atom stereocenters. The summed E-state index contributed by atoms with van der Waals surface area (Å²) in [4.78, 5) is 0. The van der Waals surface area contributed by atoms with Crippen molar-refractivity contribution >= 4 is 11.8 Å². The minimum absolute atomic E-state index is 0.0618. The Labute approximate surface area is 143 Å². The molecule has 1 aliphatic heterocycles. The van der Waals surface area contributed by atoms with Gasteiger partial charge in [0, 0.05) is 17.7 Å². The summed E-state index contributed by atoms with van der Waals surface area (Å²) in [5.74, 6) is 2.22. The maximum Gasteiger partial charge on any atom is 0.277 e. The predicted molar refractivity (Wildman–Crippen MR) is 90.9 cm³/mol. The zero-order valence-corrected chi connectivity index (χ0v) is 13.8. The first kappa shape index (κ1) is 15.2. The topological polar surface area (TPSA) is 68.4 Å². The van der Waals surface area contributed by atoms with Gasteiger partial charge in [0.2, 0.25) is 5.89 Å². The second kappa shape index (κ2) is 6.67. The minimum atomic E-state index is 0.0618. The lowest BCUT2D eigenvalue weighted by molar-refractivity contribution is 0.282. The van der Waals surface area contributed by atoms with Crippen molar-refractivity contribution in [2.45, 2.75) is 24.0 Å². The van der Waals surface area contributed by atoms with Gasteiger partial charge in [-0.05, 0) is 34.9 Å². The van der Waals surface area contributed by atoms with E-state index in [1.807, 2.05) is 36.4 Å². The number of hydrogen-bond donors (Lipinski definition) is 1. The third-order valence-corrected chi connectivity index (χ3v) is 4.80. The van der Waals surface area contributed by atoms with Crippen molar-refractivity contribution in [1.29, 1.82) is 0 Å². The molecule has 1 aromatic heterocycles. The van der Waals surface area contributed by atoms with Gasteiger partial charge in [0.25, 0.3) is 5.22 Å². The molecule has 4 rings (SSSR count). The van der Waals surface area contributed by atoms with Crippen LogP contribution in [0, 0.1) is 0 Å². The summed E-state index contributed by atoms with van der Waals surface area (Å²) in [6, 6.07) is 13.8. The molecule has 0 bridgehead atoms. The third-order valence-electron chi connectivity index (χ3n) is 3.91. The van der Waals surface area contributed by atoms with Gasteiger partial charge >= 0.3 is 0 Å². The molecule has 0 saturated carbocycles. The third kappa shape index (κ3) is 3.16. The average Bonchev–Trinajstić information content (AvgIpc) is 3.29. The molecule has 0 amide bonds. The van der Waals surface area contributed by atoms with Crippen LogP contribution < -0.4 is 4.74 Å². The Bertz CT molecular complexity index is 846. The zero-order valence-electron chi connectivity index (χ0n) is 12.9. The lowest BCUT2D eigenvalue weighted by atomic mass is 10.1. The summed E-state index contributed by atoms with van der Waals surface area (Å²) < 4.78 is 11.3. The molecule has 0 spiro atoms. The second-order valence-electron chi connectivity index (χ2n) is 5.56. The van der Waals surface area contributed by atoms with E-state index in [4.69, 9.17) is 14.3 Å². The van der Waals surface area contributed by atoms with E-state index < -0.39 is 0 Å². The molecular formula is C18H16N2O3S. The van der Waals surface area contributed by atoms with Gasteiger partial charge in [0.15, 0.2) is 0 Å². The van der Waals surface area contributed by atoms with Gasteiger partial charge in [-0.3, -0.25) is 0 Å². The molecule has 3 aromatic rings. The van der Waals surface area contributed by atoms with Crippen LogP contribution in [0.4, 0.5) is 0 Å². The van der Waals surface area contributed by atoms with E-state index >= 15 is 0 Å². The predicted octanol–water partition coefficient (Wildman–Crippen LogP) is 3.46. The highest BCUT2D eigenvalue weighted by Crippen LogP contribution is 2.31. The fourth-order valence-corrected chi connectivity index (χ4v) is 3.31. The van der Waals surface area contributed by atoms with Gasteiger partial charge in [-0.15, -0.1) is 10.2 Å². The highest BCUT2D eigenvalue weighted by molar-refractivity contribution is 7.98. The fourth-order valence-electron chi connectivity index (χ4n) is 2.59. The molecule has 0 aliphatic carbocycles. The fraction of sp³-hybridized carbons (Fsp3) is 0.222. The van der Waals surface area contributed by atoms with Crippen molar-refractivity contribution in [2.24, 2.45) is 0 Å². The van der Waals surface area contributed by atoms with E-state index in [2.05, 4.69) is 16.3 Å². The van der Waals surface area contributed by atoms with Crippen LogP contribution in [0.2, 0.25) is 0 Å². The molecular weight excluding hydrogens is 324 g/mol. The maximum atomic E-state index is 9.06. The number of ether oxygens (including phenoxy) is 1. The number of hydrogen-bond acceptors (Lipinski definition) is 6. The standard InChI is InChI=1S/C18H16N2O3S/c21-10-12-1-3-13(4-2-12)11-24-18-20-19-17(23-18)15-5-6-16-14(9-15)7-8-22-16/h1-6,9,21H,7-8,10-11H2. The van der Waals surface area contributed by atoms with Crippen LogP contribution in [0.5, 0.6) is 5.75 Å². The molecule has 0 unspecified atom stereocenters. The number of benzene rings is 2. The summed E-state index contributed by atoms with van der Waals surface area (Å²) in [5, 5.41) is 17.9. The highest BCUT2D eigenvalue weighted by atomic mass is 32.2. The first-order valence-electron chi connectivity index (χ1n) is 7.73. The van der Waals surface area contributed by atoms with Crippen molar-refractivity contribution < 1.29 is 14.3 Å². The smallest absolute Gasteiger partial charge is 0.277 e. The van der Waals surface area contributed by atoms with Crippen LogP contribution in [0.15, 0.2) is 52.1 Å². The van der Waals surface area contributed by atoms with Crippen LogP contribution in [0.3, 0.4) is 0 Å². The lowest BCUT2D eigenvalue weighted by Crippen LogP contribution is -1.85. The van der Waals surface area contributed by atoms with Crippen molar-refractivity contribution in [1.82, 2.24) is 10.2 Å². The first-order valence-corrected chi connectivity index (χ1v) is 8.71. The monoisotopic (exact) mass is 340 g/mol. The number of nitrogens with zero attached hydrogens (tertiary/aromatic N) is 2. The van der Waals surface area contributed by atoms with E-state index in [-0.39, 0.29) is 6.61 Å². The summed E-state index contributed by atoms with van der Waals surface area (Å²) in [5.41, 5.74) is 4.16. The molecule has 122 valence electrons. The van der Waals surface area contributed by atoms with Crippen molar-refractivity contribution in [3.05, 3.63) is 59.2 Å². The molecule has 2 aromatic carbocycles. The average molecular weight is 340 g/mol. The summed E-state index contributed by atoms with van der Waals surface area (Å²) >= 11 is 1.50. The van der Waals surface area contributed by atoms with Crippen molar-refractivity contribution in [3.63, 3.8) is 0 Å². The number of aliphatic hydroxyl groups is 1. The molecule has 0 saturated heterocycles. The summed E-state index contributed by atoms with van der Waals surface area (Å²) in [6.45, 7) is 0.797.